The minimum absolute atomic E-state index is 0.347. The maximum Gasteiger partial charge on any atom is 0.223 e. The molecule has 1 atom stereocenters. The fourth-order valence-corrected chi connectivity index (χ4v) is 4.49. The van der Waals surface area contributed by atoms with Crippen LogP contribution in [0.2, 0.25) is 0 Å². The second kappa shape index (κ2) is 7.81. The summed E-state index contributed by atoms with van der Waals surface area (Å²) < 4.78 is 7.67. The average Bonchev–Trinajstić information content (AvgIpc) is 3.36. The number of anilines is 1. The summed E-state index contributed by atoms with van der Waals surface area (Å²) in [7, 11) is 1.68. The highest BCUT2D eigenvalue weighted by molar-refractivity contribution is 7.15. The Balaban J connectivity index is 1.60. The van der Waals surface area contributed by atoms with Crippen LogP contribution in [0.25, 0.3) is 27.6 Å². The number of methoxy groups -OCH3 is 1. The molecule has 0 saturated carbocycles. The summed E-state index contributed by atoms with van der Waals surface area (Å²) in [5.41, 5.74) is 3.58. The third kappa shape index (κ3) is 3.45. The van der Waals surface area contributed by atoms with E-state index in [1.54, 1.807) is 24.6 Å². The number of hydrogen-bond donors (Lipinski definition) is 2. The van der Waals surface area contributed by atoms with Crippen LogP contribution in [0.15, 0.2) is 48.1 Å². The molecule has 2 N–H and O–H groups in total. The van der Waals surface area contributed by atoms with Gasteiger partial charge >= 0.3 is 0 Å². The third-order valence-electron chi connectivity index (χ3n) is 5.15. The molecule has 0 spiro atoms. The Morgan fingerprint density at radius 2 is 2.17 bits per heavy atom. The highest BCUT2D eigenvalue weighted by Gasteiger charge is 2.21. The van der Waals surface area contributed by atoms with Crippen LogP contribution in [0.5, 0.6) is 5.75 Å². The molecule has 29 heavy (non-hydrogen) atoms. The molecular weight excluding hydrogens is 384 g/mol. The molecule has 0 amide bonds. The molecule has 0 unspecified atom stereocenters. The number of benzene rings is 1. The van der Waals surface area contributed by atoms with E-state index in [2.05, 4.69) is 20.0 Å². The number of thiazole rings is 1. The van der Waals surface area contributed by atoms with E-state index in [1.165, 1.54) is 0 Å². The van der Waals surface area contributed by atoms with Gasteiger partial charge in [-0.25, -0.2) is 15.0 Å². The van der Waals surface area contributed by atoms with Crippen molar-refractivity contribution in [3.63, 3.8) is 0 Å². The van der Waals surface area contributed by atoms with Gasteiger partial charge in [0.2, 0.25) is 5.95 Å². The predicted molar refractivity (Wildman–Crippen MR) is 116 cm³/mol. The summed E-state index contributed by atoms with van der Waals surface area (Å²) in [6, 6.07) is 10.2. The molecule has 1 aliphatic rings. The Morgan fingerprint density at radius 3 is 3.03 bits per heavy atom. The monoisotopic (exact) mass is 406 g/mol. The molecule has 5 rings (SSSR count). The Morgan fingerprint density at radius 1 is 1.24 bits per heavy atom. The number of nitrogens with one attached hydrogen (secondary N) is 2. The van der Waals surface area contributed by atoms with Crippen LogP contribution in [0.4, 0.5) is 5.95 Å². The van der Waals surface area contributed by atoms with Crippen LogP contribution in [-0.2, 0) is 0 Å². The Bertz CT molecular complexity index is 1130. The van der Waals surface area contributed by atoms with Gasteiger partial charge in [-0.15, -0.1) is 11.3 Å². The summed E-state index contributed by atoms with van der Waals surface area (Å²) >= 11 is 1.60. The van der Waals surface area contributed by atoms with Crippen LogP contribution in [-0.4, -0.2) is 45.6 Å². The summed E-state index contributed by atoms with van der Waals surface area (Å²) in [6.07, 6.45) is 6.11. The van der Waals surface area contributed by atoms with Gasteiger partial charge in [0.1, 0.15) is 17.1 Å². The molecule has 8 heteroatoms. The number of ether oxygens (including phenoxy) is 1. The molecule has 0 bridgehead atoms. The maximum atomic E-state index is 5.59. The van der Waals surface area contributed by atoms with Crippen molar-refractivity contribution >= 4 is 22.2 Å². The van der Waals surface area contributed by atoms with Crippen LogP contribution in [0, 0.1) is 0 Å². The van der Waals surface area contributed by atoms with Gasteiger partial charge < -0.3 is 15.4 Å². The molecule has 0 radical (unpaired) electrons. The zero-order valence-corrected chi connectivity index (χ0v) is 16.9. The summed E-state index contributed by atoms with van der Waals surface area (Å²) in [5.74, 6) is 1.44. The number of para-hydroxylation sites is 1. The molecule has 1 saturated heterocycles. The lowest BCUT2D eigenvalue weighted by molar-refractivity contribution is 0.416. The number of rotatable bonds is 5. The normalized spacial score (nSPS) is 16.8. The number of imidazole rings is 1. The first kappa shape index (κ1) is 18.1. The molecule has 4 aromatic rings. The quantitative estimate of drug-likeness (QED) is 0.526. The first-order chi connectivity index (χ1) is 14.3. The third-order valence-corrected chi connectivity index (χ3v) is 5.91. The van der Waals surface area contributed by atoms with E-state index in [0.29, 0.717) is 12.0 Å². The van der Waals surface area contributed by atoms with Crippen LogP contribution < -0.4 is 15.4 Å². The molecule has 0 aliphatic carbocycles. The molecule has 1 aromatic carbocycles. The van der Waals surface area contributed by atoms with Gasteiger partial charge in [0.25, 0.3) is 0 Å². The van der Waals surface area contributed by atoms with Crippen LogP contribution in [0.1, 0.15) is 12.8 Å². The number of nitrogens with zero attached hydrogens (tertiary/aromatic N) is 4. The largest absolute Gasteiger partial charge is 0.496 e. The lowest BCUT2D eigenvalue weighted by Gasteiger charge is -2.23. The SMILES string of the molecule is COc1ccccc1-c1nc2sccn2c1-c1ccnc(N[C@@H]2CCCNC2)n1. The van der Waals surface area contributed by atoms with E-state index >= 15 is 0 Å². The number of hydrogen-bond acceptors (Lipinski definition) is 7. The second-order valence-electron chi connectivity index (χ2n) is 7.02. The standard InChI is InChI=1S/C21H22N6OS/c1-28-17-7-3-2-6-15(17)18-19(27-11-12-29-21(27)26-18)16-8-10-23-20(25-16)24-14-5-4-9-22-13-14/h2-3,6-8,10-12,14,22H,4-5,9,13H2,1H3,(H,23,24,25)/t14-/m1/s1. The van der Waals surface area contributed by atoms with Gasteiger partial charge in [-0.1, -0.05) is 12.1 Å². The van der Waals surface area contributed by atoms with E-state index < -0.39 is 0 Å². The van der Waals surface area contributed by atoms with Gasteiger partial charge in [0, 0.05) is 35.9 Å². The molecule has 7 nitrogen and oxygen atoms in total. The van der Waals surface area contributed by atoms with Gasteiger partial charge in [-0.05, 0) is 37.6 Å². The molecule has 4 heterocycles. The number of piperidine rings is 1. The number of fused-ring (bicyclic) bond motifs is 1. The smallest absolute Gasteiger partial charge is 0.223 e. The topological polar surface area (TPSA) is 76.4 Å². The van der Waals surface area contributed by atoms with Crippen molar-refractivity contribution in [1.82, 2.24) is 24.7 Å². The van der Waals surface area contributed by atoms with Crippen molar-refractivity contribution in [1.29, 1.82) is 0 Å². The Kier molecular flexibility index (Phi) is 4.87. The number of aromatic nitrogens is 4. The minimum Gasteiger partial charge on any atom is -0.496 e. The van der Waals surface area contributed by atoms with Crippen LogP contribution in [0.3, 0.4) is 0 Å². The lowest BCUT2D eigenvalue weighted by Crippen LogP contribution is -2.38. The first-order valence-electron chi connectivity index (χ1n) is 9.73. The van der Waals surface area contributed by atoms with Crippen LogP contribution >= 0.6 is 11.3 Å². The van der Waals surface area contributed by atoms with Crippen molar-refractivity contribution in [3.05, 3.63) is 48.1 Å². The lowest BCUT2D eigenvalue weighted by atomic mass is 10.1. The van der Waals surface area contributed by atoms with Gasteiger partial charge in [-0.3, -0.25) is 4.40 Å². The van der Waals surface area contributed by atoms with E-state index in [9.17, 15) is 0 Å². The Labute approximate surface area is 172 Å². The molecule has 148 valence electrons. The van der Waals surface area contributed by atoms with E-state index in [0.717, 1.165) is 59.3 Å². The highest BCUT2D eigenvalue weighted by Crippen LogP contribution is 2.37. The summed E-state index contributed by atoms with van der Waals surface area (Å²) in [5, 5.41) is 8.92. The Hall–Kier alpha value is -2.97. The van der Waals surface area contributed by atoms with Gasteiger partial charge in [-0.2, -0.15) is 0 Å². The fourth-order valence-electron chi connectivity index (χ4n) is 3.78. The maximum absolute atomic E-state index is 5.59. The zero-order valence-electron chi connectivity index (χ0n) is 16.1. The molecule has 1 aliphatic heterocycles. The van der Waals surface area contributed by atoms with Crippen molar-refractivity contribution in [2.45, 2.75) is 18.9 Å². The second-order valence-corrected chi connectivity index (χ2v) is 7.89. The van der Waals surface area contributed by atoms with E-state index in [1.807, 2.05) is 41.9 Å². The molecule has 1 fully saturated rings. The average molecular weight is 407 g/mol. The van der Waals surface area contributed by atoms with E-state index in [4.69, 9.17) is 14.7 Å². The summed E-state index contributed by atoms with van der Waals surface area (Å²) in [4.78, 5) is 15.1. The van der Waals surface area contributed by atoms with Gasteiger partial charge in [0.15, 0.2) is 4.96 Å². The van der Waals surface area contributed by atoms with Crippen molar-refractivity contribution in [3.8, 4) is 28.4 Å². The van der Waals surface area contributed by atoms with Crippen molar-refractivity contribution in [2.75, 3.05) is 25.5 Å². The minimum atomic E-state index is 0.347. The molecular formula is C21H22N6OS. The predicted octanol–water partition coefficient (Wildman–Crippen LogP) is 3.69. The van der Waals surface area contributed by atoms with Crippen molar-refractivity contribution < 1.29 is 4.74 Å². The van der Waals surface area contributed by atoms with E-state index in [-0.39, 0.29) is 0 Å². The summed E-state index contributed by atoms with van der Waals surface area (Å²) in [6.45, 7) is 2.01. The first-order valence-corrected chi connectivity index (χ1v) is 10.6. The van der Waals surface area contributed by atoms with Gasteiger partial charge in [0.05, 0.1) is 12.8 Å². The molecule has 3 aromatic heterocycles. The zero-order chi connectivity index (χ0) is 19.6. The van der Waals surface area contributed by atoms with Crippen molar-refractivity contribution in [2.24, 2.45) is 0 Å². The highest BCUT2D eigenvalue weighted by atomic mass is 32.1. The fraction of sp³-hybridized carbons (Fsp3) is 0.286.